The molecule has 5 nitrogen and oxygen atoms in total. The zero-order chi connectivity index (χ0) is 18.0. The highest BCUT2D eigenvalue weighted by Crippen LogP contribution is 2.31. The number of anilines is 2. The van der Waals surface area contributed by atoms with Crippen molar-refractivity contribution in [1.29, 1.82) is 0 Å². The zero-order valence-electron chi connectivity index (χ0n) is 14.2. The first kappa shape index (κ1) is 17.6. The number of pyridine rings is 1. The molecule has 0 aliphatic carbocycles. The summed E-state index contributed by atoms with van der Waals surface area (Å²) in [6.45, 7) is 6.31. The Morgan fingerprint density at radius 2 is 2.20 bits per heavy atom. The van der Waals surface area contributed by atoms with Gasteiger partial charge in [0, 0.05) is 21.5 Å². The van der Waals surface area contributed by atoms with Gasteiger partial charge in [-0.05, 0) is 36.8 Å². The van der Waals surface area contributed by atoms with Crippen LogP contribution in [0.2, 0.25) is 0 Å². The average Bonchev–Trinajstić information content (AvgIpc) is 3.18. The van der Waals surface area contributed by atoms with Crippen molar-refractivity contribution in [1.82, 2.24) is 9.97 Å². The van der Waals surface area contributed by atoms with E-state index in [1.54, 1.807) is 34.9 Å². The van der Waals surface area contributed by atoms with E-state index in [9.17, 15) is 9.90 Å². The number of hydrogen-bond donors (Lipinski definition) is 2. The number of carbonyl (C=O) groups is 1. The lowest BCUT2D eigenvalue weighted by atomic mass is 10.1. The van der Waals surface area contributed by atoms with E-state index in [-0.39, 0.29) is 5.56 Å². The van der Waals surface area contributed by atoms with Gasteiger partial charge in [-0.3, -0.25) is 0 Å². The van der Waals surface area contributed by atoms with E-state index in [4.69, 9.17) is 0 Å². The van der Waals surface area contributed by atoms with Crippen LogP contribution in [0.3, 0.4) is 0 Å². The quantitative estimate of drug-likeness (QED) is 0.620. The first-order valence-electron chi connectivity index (χ1n) is 7.94. The van der Waals surface area contributed by atoms with Gasteiger partial charge in [0.1, 0.15) is 11.4 Å². The van der Waals surface area contributed by atoms with Crippen molar-refractivity contribution in [2.45, 2.75) is 27.2 Å². The number of nitrogens with zero attached hydrogens (tertiary/aromatic N) is 2. The fourth-order valence-corrected chi connectivity index (χ4v) is 4.33. The summed E-state index contributed by atoms with van der Waals surface area (Å²) in [6, 6.07) is 5.53. The molecule has 0 amide bonds. The summed E-state index contributed by atoms with van der Waals surface area (Å²) < 4.78 is 0. The van der Waals surface area contributed by atoms with E-state index in [2.05, 4.69) is 29.1 Å². The molecule has 0 saturated carbocycles. The standard InChI is InChI=1S/C18H19N3O2S2/c1-10(2)7-15-11(3)20-18(25-15)21-16-13(17(22)23)8-12(9-19-16)14-5-4-6-24-14/h4-6,8-10H,7H2,1-3H3,(H,22,23)(H,19,20,21). The second-order valence-corrected chi connectivity index (χ2v) is 8.18. The topological polar surface area (TPSA) is 75.1 Å². The number of hydrogen-bond acceptors (Lipinski definition) is 6. The maximum atomic E-state index is 11.7. The van der Waals surface area contributed by atoms with Crippen LogP contribution >= 0.6 is 22.7 Å². The van der Waals surface area contributed by atoms with Crippen molar-refractivity contribution in [2.75, 3.05) is 5.32 Å². The number of aromatic nitrogens is 2. The number of aromatic carboxylic acids is 1. The maximum Gasteiger partial charge on any atom is 0.339 e. The van der Waals surface area contributed by atoms with E-state index in [0.717, 1.165) is 22.6 Å². The molecule has 2 N–H and O–H groups in total. The third-order valence-corrected chi connectivity index (χ3v) is 5.65. The third kappa shape index (κ3) is 4.05. The van der Waals surface area contributed by atoms with Crippen LogP contribution in [-0.2, 0) is 6.42 Å². The molecule has 0 aromatic carbocycles. The summed E-state index contributed by atoms with van der Waals surface area (Å²) in [6.07, 6.45) is 2.65. The van der Waals surface area contributed by atoms with E-state index < -0.39 is 5.97 Å². The van der Waals surface area contributed by atoms with Crippen LogP contribution in [0.25, 0.3) is 10.4 Å². The molecule has 0 bridgehead atoms. The smallest absolute Gasteiger partial charge is 0.339 e. The van der Waals surface area contributed by atoms with Gasteiger partial charge in [-0.2, -0.15) is 0 Å². The molecule has 0 saturated heterocycles. The molecule has 0 aliphatic rings. The Bertz CT molecular complexity index is 886. The highest BCUT2D eigenvalue weighted by Gasteiger charge is 2.16. The van der Waals surface area contributed by atoms with Gasteiger partial charge in [-0.25, -0.2) is 14.8 Å². The van der Waals surface area contributed by atoms with Crippen LogP contribution in [0, 0.1) is 12.8 Å². The number of rotatable bonds is 6. The van der Waals surface area contributed by atoms with Crippen LogP contribution in [0.15, 0.2) is 29.8 Å². The second kappa shape index (κ2) is 7.33. The molecule has 3 heterocycles. The minimum absolute atomic E-state index is 0.143. The molecule has 7 heteroatoms. The normalized spacial score (nSPS) is 11.0. The molecule has 0 unspecified atom stereocenters. The third-order valence-electron chi connectivity index (χ3n) is 3.64. The van der Waals surface area contributed by atoms with E-state index in [1.807, 2.05) is 24.4 Å². The van der Waals surface area contributed by atoms with Crippen LogP contribution in [0.1, 0.15) is 34.8 Å². The maximum absolute atomic E-state index is 11.7. The molecule has 0 aliphatic heterocycles. The lowest BCUT2D eigenvalue weighted by molar-refractivity contribution is 0.0697. The van der Waals surface area contributed by atoms with Crippen molar-refractivity contribution in [3.05, 3.63) is 45.9 Å². The minimum atomic E-state index is -1.01. The van der Waals surface area contributed by atoms with Crippen LogP contribution in [0.5, 0.6) is 0 Å². The molecule has 130 valence electrons. The largest absolute Gasteiger partial charge is 0.478 e. The Morgan fingerprint density at radius 1 is 1.40 bits per heavy atom. The molecular formula is C18H19N3O2S2. The number of nitrogens with one attached hydrogen (secondary N) is 1. The van der Waals surface area contributed by atoms with Crippen molar-refractivity contribution in [2.24, 2.45) is 5.92 Å². The SMILES string of the molecule is Cc1nc(Nc2ncc(-c3cccs3)cc2C(=O)O)sc1CC(C)C. The van der Waals surface area contributed by atoms with Crippen molar-refractivity contribution in [3.8, 4) is 10.4 Å². The van der Waals surface area contributed by atoms with Crippen LogP contribution in [0.4, 0.5) is 10.9 Å². The fourth-order valence-electron chi connectivity index (χ4n) is 2.45. The zero-order valence-corrected chi connectivity index (χ0v) is 15.9. The van der Waals surface area contributed by atoms with Gasteiger partial charge < -0.3 is 10.4 Å². The molecule has 25 heavy (non-hydrogen) atoms. The summed E-state index contributed by atoms with van der Waals surface area (Å²) in [5.41, 5.74) is 1.92. The van der Waals surface area contributed by atoms with Gasteiger partial charge >= 0.3 is 5.97 Å². The molecule has 3 rings (SSSR count). The number of carboxylic acid groups (broad SMARTS) is 1. The van der Waals surface area contributed by atoms with E-state index in [1.165, 1.54) is 4.88 Å². The number of thiazole rings is 1. The van der Waals surface area contributed by atoms with Crippen LogP contribution in [-0.4, -0.2) is 21.0 Å². The molecule has 0 radical (unpaired) electrons. The summed E-state index contributed by atoms with van der Waals surface area (Å²) >= 11 is 3.11. The van der Waals surface area contributed by atoms with Gasteiger partial charge in [-0.1, -0.05) is 19.9 Å². The van der Waals surface area contributed by atoms with E-state index in [0.29, 0.717) is 16.9 Å². The van der Waals surface area contributed by atoms with Gasteiger partial charge in [-0.15, -0.1) is 22.7 Å². The van der Waals surface area contributed by atoms with Gasteiger partial charge in [0.15, 0.2) is 5.13 Å². The lowest BCUT2D eigenvalue weighted by Crippen LogP contribution is -2.05. The van der Waals surface area contributed by atoms with Crippen LogP contribution < -0.4 is 5.32 Å². The fraction of sp³-hybridized carbons (Fsp3) is 0.278. The molecule has 3 aromatic rings. The summed E-state index contributed by atoms with van der Waals surface area (Å²) in [5.74, 6) is -0.147. The second-order valence-electron chi connectivity index (χ2n) is 6.15. The predicted molar refractivity (Wildman–Crippen MR) is 103 cm³/mol. The average molecular weight is 374 g/mol. The highest BCUT2D eigenvalue weighted by molar-refractivity contribution is 7.15. The Hall–Kier alpha value is -2.25. The monoisotopic (exact) mass is 373 g/mol. The first-order valence-corrected chi connectivity index (χ1v) is 9.64. The predicted octanol–water partition coefficient (Wildman–Crippen LogP) is 5.22. The summed E-state index contributed by atoms with van der Waals surface area (Å²) in [7, 11) is 0. The Kier molecular flexibility index (Phi) is 5.15. The Morgan fingerprint density at radius 3 is 2.84 bits per heavy atom. The minimum Gasteiger partial charge on any atom is -0.478 e. The van der Waals surface area contributed by atoms with Gasteiger partial charge in [0.05, 0.1) is 5.69 Å². The summed E-state index contributed by atoms with van der Waals surface area (Å²) in [4.78, 5) is 22.7. The van der Waals surface area contributed by atoms with Crippen molar-refractivity contribution in [3.63, 3.8) is 0 Å². The Labute approximate surface area is 154 Å². The Balaban J connectivity index is 1.91. The molecule has 0 spiro atoms. The van der Waals surface area contributed by atoms with Gasteiger partial charge in [0.2, 0.25) is 0 Å². The summed E-state index contributed by atoms with van der Waals surface area (Å²) in [5, 5.41) is 15.3. The molecular weight excluding hydrogens is 354 g/mol. The molecule has 0 atom stereocenters. The van der Waals surface area contributed by atoms with E-state index >= 15 is 0 Å². The first-order chi connectivity index (χ1) is 11.9. The highest BCUT2D eigenvalue weighted by atomic mass is 32.1. The molecule has 3 aromatic heterocycles. The van der Waals surface area contributed by atoms with Crippen molar-refractivity contribution < 1.29 is 9.90 Å². The number of thiophene rings is 1. The lowest BCUT2D eigenvalue weighted by Gasteiger charge is -2.07. The number of carboxylic acids is 1. The van der Waals surface area contributed by atoms with Crippen molar-refractivity contribution >= 4 is 39.6 Å². The molecule has 0 fully saturated rings. The van der Waals surface area contributed by atoms with Gasteiger partial charge in [0.25, 0.3) is 0 Å². The number of aryl methyl sites for hydroxylation is 1.